The van der Waals surface area contributed by atoms with Crippen LogP contribution in [-0.4, -0.2) is 20.7 Å². The maximum absolute atomic E-state index is 6.45. The fourth-order valence-electron chi connectivity index (χ4n) is 3.53. The molecule has 118 valence electrons. The van der Waals surface area contributed by atoms with Crippen LogP contribution in [0.25, 0.3) is 22.3 Å². The summed E-state index contributed by atoms with van der Waals surface area (Å²) < 4.78 is 5.56. The van der Waals surface area contributed by atoms with Crippen LogP contribution in [0.3, 0.4) is 0 Å². The molecule has 2 unspecified atom stereocenters. The number of rotatable bonds is 2. The lowest BCUT2D eigenvalue weighted by molar-refractivity contribution is 0.223. The van der Waals surface area contributed by atoms with Gasteiger partial charge < -0.3 is 10.3 Å². The van der Waals surface area contributed by atoms with E-state index in [1.165, 1.54) is 0 Å². The molecule has 0 bridgehead atoms. The molecule has 0 aliphatic heterocycles. The molecule has 2 aromatic heterocycles. The highest BCUT2D eigenvalue weighted by atomic mass is 16.5. The van der Waals surface area contributed by atoms with E-state index in [0.29, 0.717) is 11.7 Å². The maximum Gasteiger partial charge on any atom is 0.231 e. The number of nitrogens with zero attached hydrogens (tertiary/aromatic N) is 3. The van der Waals surface area contributed by atoms with Crippen molar-refractivity contribution in [1.82, 2.24) is 15.1 Å². The average Bonchev–Trinajstić information content (AvgIpc) is 3.03. The smallest absolute Gasteiger partial charge is 0.231 e. The van der Waals surface area contributed by atoms with E-state index in [-0.39, 0.29) is 11.5 Å². The predicted molar refractivity (Wildman–Crippen MR) is 88.8 cm³/mol. The first-order valence-electron chi connectivity index (χ1n) is 8.12. The van der Waals surface area contributed by atoms with Crippen molar-refractivity contribution < 1.29 is 4.52 Å². The topological polar surface area (TPSA) is 77.8 Å². The van der Waals surface area contributed by atoms with Crippen LogP contribution in [0.15, 0.2) is 41.1 Å². The number of hydrogen-bond acceptors (Lipinski definition) is 5. The van der Waals surface area contributed by atoms with Gasteiger partial charge in [-0.25, -0.2) is 0 Å². The SMILES string of the molecule is CC1(N)CCCCC1c1nc(-c2nccc3ccccc23)no1. The fraction of sp³-hybridized carbons (Fsp3) is 0.389. The van der Waals surface area contributed by atoms with Crippen molar-refractivity contribution in [3.63, 3.8) is 0 Å². The molecule has 0 spiro atoms. The Hall–Kier alpha value is -2.27. The summed E-state index contributed by atoms with van der Waals surface area (Å²) in [6, 6.07) is 10.1. The van der Waals surface area contributed by atoms with Gasteiger partial charge in [-0.15, -0.1) is 0 Å². The van der Waals surface area contributed by atoms with Crippen molar-refractivity contribution >= 4 is 10.8 Å². The van der Waals surface area contributed by atoms with E-state index in [2.05, 4.69) is 28.1 Å². The zero-order valence-corrected chi connectivity index (χ0v) is 13.2. The molecule has 2 atom stereocenters. The summed E-state index contributed by atoms with van der Waals surface area (Å²) in [5.74, 6) is 1.30. The Bertz CT molecular complexity index is 834. The number of nitrogens with two attached hydrogens (primary N) is 1. The summed E-state index contributed by atoms with van der Waals surface area (Å²) >= 11 is 0. The standard InChI is InChI=1S/C18H20N4O/c1-18(19)10-5-4-8-14(18)17-21-16(22-23-17)15-13-7-3-2-6-12(13)9-11-20-15/h2-3,6-7,9,11,14H,4-5,8,10,19H2,1H3. The predicted octanol–water partition coefficient (Wildman–Crippen LogP) is 3.66. The van der Waals surface area contributed by atoms with E-state index >= 15 is 0 Å². The number of benzene rings is 1. The third kappa shape index (κ3) is 2.51. The van der Waals surface area contributed by atoms with Gasteiger partial charge in [-0.2, -0.15) is 4.98 Å². The minimum Gasteiger partial charge on any atom is -0.339 e. The van der Waals surface area contributed by atoms with E-state index in [1.54, 1.807) is 6.20 Å². The van der Waals surface area contributed by atoms with Crippen molar-refractivity contribution in [1.29, 1.82) is 0 Å². The quantitative estimate of drug-likeness (QED) is 0.781. The molecule has 0 amide bonds. The highest BCUT2D eigenvalue weighted by molar-refractivity contribution is 5.92. The molecule has 1 aromatic carbocycles. The average molecular weight is 308 g/mol. The highest BCUT2D eigenvalue weighted by Crippen LogP contribution is 2.39. The van der Waals surface area contributed by atoms with Crippen molar-refractivity contribution in [3.8, 4) is 11.5 Å². The van der Waals surface area contributed by atoms with Gasteiger partial charge in [0, 0.05) is 17.1 Å². The number of fused-ring (bicyclic) bond motifs is 1. The van der Waals surface area contributed by atoms with E-state index in [1.807, 2.05) is 24.3 Å². The Kier molecular flexibility index (Phi) is 3.38. The molecule has 1 fully saturated rings. The van der Waals surface area contributed by atoms with E-state index in [9.17, 15) is 0 Å². The molecule has 0 saturated heterocycles. The van der Waals surface area contributed by atoms with Gasteiger partial charge >= 0.3 is 0 Å². The van der Waals surface area contributed by atoms with Crippen molar-refractivity contribution in [2.45, 2.75) is 44.1 Å². The third-order valence-electron chi connectivity index (χ3n) is 4.88. The first-order valence-corrected chi connectivity index (χ1v) is 8.12. The third-order valence-corrected chi connectivity index (χ3v) is 4.88. The van der Waals surface area contributed by atoms with E-state index in [4.69, 9.17) is 10.3 Å². The van der Waals surface area contributed by atoms with E-state index in [0.717, 1.165) is 42.1 Å². The monoisotopic (exact) mass is 308 g/mol. The molecule has 5 heteroatoms. The van der Waals surface area contributed by atoms with Crippen molar-refractivity contribution in [3.05, 3.63) is 42.4 Å². The second-order valence-corrected chi connectivity index (χ2v) is 6.64. The molecule has 3 aromatic rings. The Morgan fingerprint density at radius 1 is 1.22 bits per heavy atom. The molecule has 1 saturated carbocycles. The van der Waals surface area contributed by atoms with Crippen LogP contribution in [0.2, 0.25) is 0 Å². The van der Waals surface area contributed by atoms with Crippen LogP contribution < -0.4 is 5.73 Å². The molecule has 2 heterocycles. The number of hydrogen-bond donors (Lipinski definition) is 1. The van der Waals surface area contributed by atoms with Crippen LogP contribution in [0.5, 0.6) is 0 Å². The Morgan fingerprint density at radius 2 is 2.09 bits per heavy atom. The lowest BCUT2D eigenvalue weighted by Crippen LogP contribution is -2.44. The lowest BCUT2D eigenvalue weighted by Gasteiger charge is -2.35. The first kappa shape index (κ1) is 14.3. The van der Waals surface area contributed by atoms with Gasteiger partial charge in [0.1, 0.15) is 5.69 Å². The zero-order chi connectivity index (χ0) is 15.9. The van der Waals surface area contributed by atoms with Gasteiger partial charge in [0.2, 0.25) is 11.7 Å². The summed E-state index contributed by atoms with van der Waals surface area (Å²) in [4.78, 5) is 9.09. The number of aromatic nitrogens is 3. The summed E-state index contributed by atoms with van der Waals surface area (Å²) in [7, 11) is 0. The molecular weight excluding hydrogens is 288 g/mol. The van der Waals surface area contributed by atoms with Crippen molar-refractivity contribution in [2.24, 2.45) is 5.73 Å². The minimum atomic E-state index is -0.283. The molecule has 4 rings (SSSR count). The first-order chi connectivity index (χ1) is 11.1. The molecule has 1 aliphatic carbocycles. The van der Waals surface area contributed by atoms with Gasteiger partial charge in [0.15, 0.2) is 0 Å². The molecule has 23 heavy (non-hydrogen) atoms. The number of pyridine rings is 1. The molecule has 1 aliphatic rings. The van der Waals surface area contributed by atoms with E-state index < -0.39 is 0 Å². The normalized spacial score (nSPS) is 24.9. The van der Waals surface area contributed by atoms with Crippen LogP contribution in [0, 0.1) is 0 Å². The van der Waals surface area contributed by atoms with Crippen LogP contribution in [-0.2, 0) is 0 Å². The van der Waals surface area contributed by atoms with Crippen LogP contribution >= 0.6 is 0 Å². The van der Waals surface area contributed by atoms with Gasteiger partial charge in [-0.3, -0.25) is 4.98 Å². The summed E-state index contributed by atoms with van der Waals surface area (Å²) in [5.41, 5.74) is 6.92. The molecular formula is C18H20N4O. The molecule has 5 nitrogen and oxygen atoms in total. The van der Waals surface area contributed by atoms with Gasteiger partial charge in [-0.1, -0.05) is 42.3 Å². The second kappa shape index (κ2) is 5.42. The van der Waals surface area contributed by atoms with Crippen LogP contribution in [0.4, 0.5) is 0 Å². The Balaban J connectivity index is 1.75. The minimum absolute atomic E-state index is 0.118. The molecule has 0 radical (unpaired) electrons. The van der Waals surface area contributed by atoms with Gasteiger partial charge in [-0.05, 0) is 31.2 Å². The Labute approximate surface area is 134 Å². The highest BCUT2D eigenvalue weighted by Gasteiger charge is 2.37. The summed E-state index contributed by atoms with van der Waals surface area (Å²) in [5, 5.41) is 6.32. The zero-order valence-electron chi connectivity index (χ0n) is 13.2. The fourth-order valence-corrected chi connectivity index (χ4v) is 3.53. The van der Waals surface area contributed by atoms with Gasteiger partial charge in [0.05, 0.1) is 5.92 Å². The maximum atomic E-state index is 6.45. The van der Waals surface area contributed by atoms with Gasteiger partial charge in [0.25, 0.3) is 0 Å². The summed E-state index contributed by atoms with van der Waals surface area (Å²) in [6.45, 7) is 2.08. The Morgan fingerprint density at radius 3 is 2.96 bits per heavy atom. The second-order valence-electron chi connectivity index (χ2n) is 6.64. The van der Waals surface area contributed by atoms with Crippen LogP contribution in [0.1, 0.15) is 44.4 Å². The van der Waals surface area contributed by atoms with Crippen molar-refractivity contribution in [2.75, 3.05) is 0 Å². The molecule has 2 N–H and O–H groups in total. The largest absolute Gasteiger partial charge is 0.339 e. The lowest BCUT2D eigenvalue weighted by atomic mass is 9.74. The summed E-state index contributed by atoms with van der Waals surface area (Å²) in [6.07, 6.45) is 6.08.